The van der Waals surface area contributed by atoms with Gasteiger partial charge in [-0.25, -0.2) is 0 Å². The van der Waals surface area contributed by atoms with E-state index in [1.54, 1.807) is 6.20 Å². The Bertz CT molecular complexity index is 999. The Hall–Kier alpha value is -2.89. The highest BCUT2D eigenvalue weighted by atomic mass is 16.5. The van der Waals surface area contributed by atoms with Crippen molar-refractivity contribution < 1.29 is 9.84 Å². The smallest absolute Gasteiger partial charge is 0.158 e. The van der Waals surface area contributed by atoms with Crippen LogP contribution < -0.4 is 10.1 Å². The lowest BCUT2D eigenvalue weighted by atomic mass is 9.95. The predicted octanol–water partition coefficient (Wildman–Crippen LogP) is 4.08. The second-order valence-electron chi connectivity index (χ2n) is 7.33. The predicted molar refractivity (Wildman–Crippen MR) is 104 cm³/mol. The molecule has 1 aliphatic carbocycles. The molecule has 3 aromatic rings. The van der Waals surface area contributed by atoms with Crippen LogP contribution in [0, 0.1) is 0 Å². The fourth-order valence-corrected chi connectivity index (χ4v) is 4.19. The lowest BCUT2D eigenvalue weighted by Gasteiger charge is -2.23. The van der Waals surface area contributed by atoms with Crippen LogP contribution in [-0.2, 0) is 6.42 Å². The van der Waals surface area contributed by atoms with Crippen molar-refractivity contribution in [3.05, 3.63) is 36.2 Å². The van der Waals surface area contributed by atoms with E-state index in [1.165, 1.54) is 19.3 Å². The van der Waals surface area contributed by atoms with Gasteiger partial charge in [-0.3, -0.25) is 4.98 Å². The van der Waals surface area contributed by atoms with Crippen LogP contribution in [0.5, 0.6) is 11.5 Å². The second-order valence-corrected chi connectivity index (χ2v) is 7.33. The van der Waals surface area contributed by atoms with E-state index in [0.29, 0.717) is 30.3 Å². The highest BCUT2D eigenvalue weighted by molar-refractivity contribution is 6.00. The lowest BCUT2D eigenvalue weighted by Crippen LogP contribution is -2.23. The first-order valence-corrected chi connectivity index (χ1v) is 9.66. The summed E-state index contributed by atoms with van der Waals surface area (Å²) in [4.78, 5) is 4.29. The van der Waals surface area contributed by atoms with Gasteiger partial charge in [-0.15, -0.1) is 10.2 Å². The quantitative estimate of drug-likeness (QED) is 0.731. The van der Waals surface area contributed by atoms with Crippen LogP contribution in [0.4, 0.5) is 5.82 Å². The molecule has 1 saturated carbocycles. The fourth-order valence-electron chi connectivity index (χ4n) is 4.19. The summed E-state index contributed by atoms with van der Waals surface area (Å²) in [6, 6.07) is 6.14. The molecule has 0 radical (unpaired) electrons. The molecule has 0 saturated heterocycles. The Kier molecular flexibility index (Phi) is 4.03. The molecule has 1 fully saturated rings. The number of nitrogens with one attached hydrogen (secondary N) is 1. The summed E-state index contributed by atoms with van der Waals surface area (Å²) in [5.41, 5.74) is 2.21. The van der Waals surface area contributed by atoms with Gasteiger partial charge in [0.1, 0.15) is 17.2 Å². The Labute approximate surface area is 157 Å². The summed E-state index contributed by atoms with van der Waals surface area (Å²) in [6.07, 6.45) is 10.4. The molecule has 1 aliphatic heterocycles. The summed E-state index contributed by atoms with van der Waals surface area (Å²) in [7, 11) is 0. The van der Waals surface area contributed by atoms with Crippen molar-refractivity contribution in [2.24, 2.45) is 0 Å². The molecule has 138 valence electrons. The minimum atomic E-state index is 0.241. The average molecular weight is 362 g/mol. The molecule has 2 aromatic heterocycles. The van der Waals surface area contributed by atoms with Crippen LogP contribution >= 0.6 is 0 Å². The minimum absolute atomic E-state index is 0.241. The van der Waals surface area contributed by atoms with Gasteiger partial charge in [0.2, 0.25) is 0 Å². The van der Waals surface area contributed by atoms with E-state index in [9.17, 15) is 5.11 Å². The maximum atomic E-state index is 10.8. The van der Waals surface area contributed by atoms with E-state index in [0.717, 1.165) is 40.7 Å². The van der Waals surface area contributed by atoms with Gasteiger partial charge in [0.25, 0.3) is 0 Å². The van der Waals surface area contributed by atoms with E-state index in [4.69, 9.17) is 4.74 Å². The highest BCUT2D eigenvalue weighted by Gasteiger charge is 2.23. The Morgan fingerprint density at radius 3 is 2.81 bits per heavy atom. The van der Waals surface area contributed by atoms with Gasteiger partial charge in [0.15, 0.2) is 5.82 Å². The normalized spacial score (nSPS) is 16.9. The highest BCUT2D eigenvalue weighted by Crippen LogP contribution is 2.42. The van der Waals surface area contributed by atoms with Crippen LogP contribution in [0.25, 0.3) is 22.0 Å². The minimum Gasteiger partial charge on any atom is -0.507 e. The van der Waals surface area contributed by atoms with E-state index < -0.39 is 0 Å². The number of phenolic OH excluding ortho intramolecular Hbond substituents is 1. The van der Waals surface area contributed by atoms with E-state index in [2.05, 4.69) is 20.5 Å². The van der Waals surface area contributed by atoms with Gasteiger partial charge >= 0.3 is 0 Å². The van der Waals surface area contributed by atoms with Gasteiger partial charge in [-0.05, 0) is 31.0 Å². The summed E-state index contributed by atoms with van der Waals surface area (Å²) in [6.45, 7) is 0.604. The Morgan fingerprint density at radius 1 is 1.04 bits per heavy atom. The molecule has 3 heterocycles. The maximum Gasteiger partial charge on any atom is 0.158 e. The maximum absolute atomic E-state index is 10.8. The first-order valence-electron chi connectivity index (χ1n) is 9.66. The van der Waals surface area contributed by atoms with Crippen molar-refractivity contribution in [1.82, 2.24) is 15.2 Å². The summed E-state index contributed by atoms with van der Waals surface area (Å²) >= 11 is 0. The third-order valence-corrected chi connectivity index (χ3v) is 5.63. The zero-order valence-corrected chi connectivity index (χ0v) is 15.1. The van der Waals surface area contributed by atoms with Crippen molar-refractivity contribution in [1.29, 1.82) is 0 Å². The molecule has 0 atom stereocenters. The number of hydrogen-bond acceptors (Lipinski definition) is 6. The van der Waals surface area contributed by atoms with Crippen LogP contribution in [0.15, 0.2) is 30.6 Å². The Balaban J connectivity index is 1.60. The number of pyridine rings is 1. The molecule has 0 amide bonds. The van der Waals surface area contributed by atoms with E-state index in [1.807, 2.05) is 24.4 Å². The molecule has 27 heavy (non-hydrogen) atoms. The van der Waals surface area contributed by atoms with Gasteiger partial charge < -0.3 is 15.2 Å². The summed E-state index contributed by atoms with van der Waals surface area (Å²) in [5, 5.41) is 25.2. The zero-order chi connectivity index (χ0) is 18.2. The van der Waals surface area contributed by atoms with Gasteiger partial charge in [0.05, 0.1) is 6.61 Å². The largest absolute Gasteiger partial charge is 0.507 e. The number of aromatic hydroxyl groups is 1. The van der Waals surface area contributed by atoms with Crippen molar-refractivity contribution in [2.75, 3.05) is 11.9 Å². The lowest BCUT2D eigenvalue weighted by molar-refractivity contribution is 0.357. The van der Waals surface area contributed by atoms with Crippen LogP contribution in [0.3, 0.4) is 0 Å². The third-order valence-electron chi connectivity index (χ3n) is 5.63. The Morgan fingerprint density at radius 2 is 1.93 bits per heavy atom. The summed E-state index contributed by atoms with van der Waals surface area (Å²) < 4.78 is 5.55. The molecule has 2 N–H and O–H groups in total. The zero-order valence-electron chi connectivity index (χ0n) is 15.1. The summed E-state index contributed by atoms with van der Waals surface area (Å²) in [5.74, 6) is 1.77. The molecular weight excluding hydrogens is 340 g/mol. The number of rotatable bonds is 3. The number of nitrogens with zero attached hydrogens (tertiary/aromatic N) is 3. The molecule has 0 spiro atoms. The number of fused-ring (bicyclic) bond motifs is 2. The number of benzene rings is 1. The van der Waals surface area contributed by atoms with Crippen molar-refractivity contribution in [3.63, 3.8) is 0 Å². The molecule has 0 unspecified atom stereocenters. The number of aromatic nitrogens is 3. The molecule has 0 bridgehead atoms. The van der Waals surface area contributed by atoms with Crippen molar-refractivity contribution in [3.8, 4) is 22.8 Å². The van der Waals surface area contributed by atoms with Gasteiger partial charge in [-0.1, -0.05) is 19.3 Å². The second kappa shape index (κ2) is 6.68. The van der Waals surface area contributed by atoms with Crippen molar-refractivity contribution in [2.45, 2.75) is 44.6 Å². The van der Waals surface area contributed by atoms with Crippen LogP contribution in [0.1, 0.15) is 37.7 Å². The number of anilines is 1. The molecule has 2 aliphatic rings. The monoisotopic (exact) mass is 362 g/mol. The van der Waals surface area contributed by atoms with Crippen molar-refractivity contribution >= 4 is 16.6 Å². The molecule has 1 aromatic carbocycles. The van der Waals surface area contributed by atoms with Crippen LogP contribution in [-0.4, -0.2) is 32.9 Å². The SMILES string of the molecule is Oc1c(-c2nnc(NC3CCCCC3)c3cnccc23)ccc2c1CCO2. The van der Waals surface area contributed by atoms with E-state index >= 15 is 0 Å². The number of hydrogen-bond donors (Lipinski definition) is 2. The standard InChI is InChI=1S/C21H22N4O2/c26-20-15-9-11-27-18(15)7-6-16(20)19-14-8-10-22-12-17(14)21(25-24-19)23-13-4-2-1-3-5-13/h6-8,10,12-13,26H,1-5,9,11H2,(H,23,25). The van der Waals surface area contributed by atoms with E-state index in [-0.39, 0.29) is 5.75 Å². The number of ether oxygens (including phenoxy) is 1. The number of phenols is 1. The topological polar surface area (TPSA) is 80.2 Å². The fraction of sp³-hybridized carbons (Fsp3) is 0.381. The van der Waals surface area contributed by atoms with Gasteiger partial charge in [-0.2, -0.15) is 0 Å². The molecule has 5 rings (SSSR count). The molecule has 6 nitrogen and oxygen atoms in total. The van der Waals surface area contributed by atoms with Gasteiger partial charge in [0, 0.05) is 46.8 Å². The molecule has 6 heteroatoms. The first-order chi connectivity index (χ1) is 13.3. The van der Waals surface area contributed by atoms with Crippen LogP contribution in [0.2, 0.25) is 0 Å². The third kappa shape index (κ3) is 2.85. The molecular formula is C21H22N4O2. The average Bonchev–Trinajstić information content (AvgIpc) is 3.20. The first kappa shape index (κ1) is 16.3.